The van der Waals surface area contributed by atoms with Gasteiger partial charge in [-0.25, -0.2) is 4.98 Å². The summed E-state index contributed by atoms with van der Waals surface area (Å²) in [5, 5.41) is 6.61. The van der Waals surface area contributed by atoms with Gasteiger partial charge >= 0.3 is 0 Å². The van der Waals surface area contributed by atoms with Crippen LogP contribution >= 0.6 is 0 Å². The van der Waals surface area contributed by atoms with E-state index < -0.39 is 0 Å². The van der Waals surface area contributed by atoms with Crippen LogP contribution in [-0.4, -0.2) is 41.6 Å². The molecule has 0 amide bonds. The summed E-state index contributed by atoms with van der Waals surface area (Å²) in [6.07, 6.45) is 0. The van der Waals surface area contributed by atoms with Gasteiger partial charge in [0.05, 0.1) is 0 Å². The second-order valence-corrected chi connectivity index (χ2v) is 5.29. The van der Waals surface area contributed by atoms with Gasteiger partial charge in [0, 0.05) is 31.7 Å². The van der Waals surface area contributed by atoms with Gasteiger partial charge < -0.3 is 10.6 Å². The fourth-order valence-electron chi connectivity index (χ4n) is 2.24. The van der Waals surface area contributed by atoms with E-state index in [1.807, 2.05) is 18.2 Å². The summed E-state index contributed by atoms with van der Waals surface area (Å²) in [4.78, 5) is 6.98. The van der Waals surface area contributed by atoms with Crippen molar-refractivity contribution in [3.63, 3.8) is 0 Å². The van der Waals surface area contributed by atoms with E-state index in [-0.39, 0.29) is 0 Å². The molecule has 0 radical (unpaired) electrons. The number of rotatable bonds is 8. The number of anilines is 2. The highest BCUT2D eigenvalue weighted by Gasteiger charge is 2.12. The summed E-state index contributed by atoms with van der Waals surface area (Å²) in [5.41, 5.74) is 0. The third-order valence-corrected chi connectivity index (χ3v) is 3.11. The molecule has 0 aliphatic carbocycles. The van der Waals surface area contributed by atoms with Gasteiger partial charge in [-0.1, -0.05) is 6.07 Å². The van der Waals surface area contributed by atoms with Crippen molar-refractivity contribution < 1.29 is 0 Å². The minimum Gasteiger partial charge on any atom is -0.370 e. The van der Waals surface area contributed by atoms with Gasteiger partial charge in [-0.2, -0.15) is 0 Å². The van der Waals surface area contributed by atoms with Crippen LogP contribution in [0.5, 0.6) is 0 Å². The molecule has 0 atom stereocenters. The maximum Gasteiger partial charge on any atom is 0.128 e. The van der Waals surface area contributed by atoms with E-state index in [4.69, 9.17) is 0 Å². The van der Waals surface area contributed by atoms with Crippen molar-refractivity contribution in [3.05, 3.63) is 18.2 Å². The van der Waals surface area contributed by atoms with Gasteiger partial charge in [-0.3, -0.25) is 4.90 Å². The maximum atomic E-state index is 4.51. The molecular weight excluding hydrogens is 236 g/mol. The lowest BCUT2D eigenvalue weighted by atomic mass is 10.2. The van der Waals surface area contributed by atoms with Crippen molar-refractivity contribution >= 4 is 11.6 Å². The van der Waals surface area contributed by atoms with Crippen molar-refractivity contribution in [2.45, 2.75) is 46.7 Å². The molecule has 0 spiro atoms. The van der Waals surface area contributed by atoms with Crippen LogP contribution in [0.4, 0.5) is 11.6 Å². The number of aromatic nitrogens is 1. The molecule has 2 N–H and O–H groups in total. The number of pyridine rings is 1. The Bertz CT molecular complexity index is 355. The first-order valence-corrected chi connectivity index (χ1v) is 7.25. The van der Waals surface area contributed by atoms with Crippen LogP contribution in [0.15, 0.2) is 18.2 Å². The van der Waals surface area contributed by atoms with E-state index in [0.29, 0.717) is 12.1 Å². The largest absolute Gasteiger partial charge is 0.370 e. The summed E-state index contributed by atoms with van der Waals surface area (Å²) >= 11 is 0. The molecule has 1 aromatic heterocycles. The predicted octanol–water partition coefficient (Wildman–Crippen LogP) is 3.04. The van der Waals surface area contributed by atoms with Crippen molar-refractivity contribution in [3.8, 4) is 0 Å². The minimum absolute atomic E-state index is 0.572. The Balaban J connectivity index is 2.45. The zero-order valence-corrected chi connectivity index (χ0v) is 12.9. The summed E-state index contributed by atoms with van der Waals surface area (Å²) in [6, 6.07) is 7.17. The monoisotopic (exact) mass is 264 g/mol. The Kier molecular flexibility index (Phi) is 6.64. The van der Waals surface area contributed by atoms with Crippen LogP contribution in [0.1, 0.15) is 34.6 Å². The van der Waals surface area contributed by atoms with Crippen LogP contribution in [0.25, 0.3) is 0 Å². The first-order valence-electron chi connectivity index (χ1n) is 7.25. The molecule has 1 aromatic rings. The molecule has 1 heterocycles. The Labute approximate surface area is 117 Å². The SMILES string of the molecule is CCNc1cccc(NCCN(C(C)C)C(C)C)n1. The Morgan fingerprint density at radius 1 is 1.05 bits per heavy atom. The van der Waals surface area contributed by atoms with Gasteiger partial charge in [0.25, 0.3) is 0 Å². The van der Waals surface area contributed by atoms with E-state index in [2.05, 4.69) is 55.1 Å². The number of hydrogen-bond donors (Lipinski definition) is 2. The third-order valence-electron chi connectivity index (χ3n) is 3.11. The predicted molar refractivity (Wildman–Crippen MR) is 83.9 cm³/mol. The highest BCUT2D eigenvalue weighted by Crippen LogP contribution is 2.09. The van der Waals surface area contributed by atoms with E-state index in [1.54, 1.807) is 0 Å². The molecule has 0 fully saturated rings. The number of nitrogens with one attached hydrogen (secondary N) is 2. The van der Waals surface area contributed by atoms with Crippen LogP contribution in [0, 0.1) is 0 Å². The lowest BCUT2D eigenvalue weighted by Crippen LogP contribution is -2.40. The van der Waals surface area contributed by atoms with Crippen LogP contribution in [0.2, 0.25) is 0 Å². The average molecular weight is 264 g/mol. The summed E-state index contributed by atoms with van der Waals surface area (Å²) < 4.78 is 0. The highest BCUT2D eigenvalue weighted by molar-refractivity contribution is 5.44. The first-order chi connectivity index (χ1) is 9.04. The lowest BCUT2D eigenvalue weighted by Gasteiger charge is -2.30. The molecule has 0 aliphatic heterocycles. The van der Waals surface area contributed by atoms with Crippen LogP contribution < -0.4 is 10.6 Å². The fraction of sp³-hybridized carbons (Fsp3) is 0.667. The van der Waals surface area contributed by atoms with Gasteiger partial charge in [0.15, 0.2) is 0 Å². The number of nitrogens with zero attached hydrogens (tertiary/aromatic N) is 2. The summed E-state index contributed by atoms with van der Waals surface area (Å²) in [7, 11) is 0. The van der Waals surface area contributed by atoms with Crippen molar-refractivity contribution in [2.24, 2.45) is 0 Å². The molecule has 19 heavy (non-hydrogen) atoms. The first kappa shape index (κ1) is 15.8. The van der Waals surface area contributed by atoms with Gasteiger partial charge in [0.2, 0.25) is 0 Å². The second kappa shape index (κ2) is 8.00. The minimum atomic E-state index is 0.572. The van der Waals surface area contributed by atoms with Gasteiger partial charge in [-0.05, 0) is 46.8 Å². The van der Waals surface area contributed by atoms with Crippen molar-refractivity contribution in [1.82, 2.24) is 9.88 Å². The molecule has 0 unspecified atom stereocenters. The Morgan fingerprint density at radius 2 is 1.63 bits per heavy atom. The van der Waals surface area contributed by atoms with Gasteiger partial charge in [0.1, 0.15) is 11.6 Å². The Morgan fingerprint density at radius 3 is 2.16 bits per heavy atom. The fourth-order valence-corrected chi connectivity index (χ4v) is 2.24. The standard InChI is InChI=1S/C15H28N4/c1-6-16-14-8-7-9-15(18-14)17-10-11-19(12(2)3)13(4)5/h7-9,12-13H,6,10-11H2,1-5H3,(H2,16,17,18). The average Bonchev–Trinajstić information content (AvgIpc) is 2.34. The number of hydrogen-bond acceptors (Lipinski definition) is 4. The van der Waals surface area contributed by atoms with Crippen LogP contribution in [0.3, 0.4) is 0 Å². The van der Waals surface area contributed by atoms with E-state index in [1.165, 1.54) is 0 Å². The van der Waals surface area contributed by atoms with E-state index in [0.717, 1.165) is 31.3 Å². The Hall–Kier alpha value is -1.29. The highest BCUT2D eigenvalue weighted by atomic mass is 15.2. The normalized spacial score (nSPS) is 11.4. The molecule has 0 aromatic carbocycles. The zero-order valence-electron chi connectivity index (χ0n) is 12.9. The molecule has 0 saturated carbocycles. The second-order valence-electron chi connectivity index (χ2n) is 5.29. The van der Waals surface area contributed by atoms with Crippen molar-refractivity contribution in [2.75, 3.05) is 30.3 Å². The third kappa shape index (κ3) is 5.47. The van der Waals surface area contributed by atoms with Gasteiger partial charge in [-0.15, -0.1) is 0 Å². The molecular formula is C15H28N4. The topological polar surface area (TPSA) is 40.2 Å². The molecule has 108 valence electrons. The molecule has 0 bridgehead atoms. The summed E-state index contributed by atoms with van der Waals surface area (Å²) in [6.45, 7) is 13.9. The van der Waals surface area contributed by atoms with E-state index in [9.17, 15) is 0 Å². The maximum absolute atomic E-state index is 4.51. The van der Waals surface area contributed by atoms with Crippen LogP contribution in [-0.2, 0) is 0 Å². The smallest absolute Gasteiger partial charge is 0.128 e. The lowest BCUT2D eigenvalue weighted by molar-refractivity contribution is 0.182. The zero-order chi connectivity index (χ0) is 14.3. The summed E-state index contributed by atoms with van der Waals surface area (Å²) in [5.74, 6) is 1.86. The quantitative estimate of drug-likeness (QED) is 0.757. The molecule has 4 heteroatoms. The molecule has 0 saturated heterocycles. The van der Waals surface area contributed by atoms with E-state index >= 15 is 0 Å². The molecule has 0 aliphatic rings. The molecule has 1 rings (SSSR count). The van der Waals surface area contributed by atoms with Crippen molar-refractivity contribution in [1.29, 1.82) is 0 Å². The molecule has 4 nitrogen and oxygen atoms in total.